The van der Waals surface area contributed by atoms with E-state index >= 15 is 0 Å². The minimum Gasteiger partial charge on any atom is -0.377 e. The molecule has 1 aromatic rings. The molecule has 2 unspecified atom stereocenters. The lowest BCUT2D eigenvalue weighted by atomic mass is 10.1. The fourth-order valence-electron chi connectivity index (χ4n) is 2.23. The topological polar surface area (TPSA) is 65.1 Å². The maximum absolute atomic E-state index is 5.83. The Morgan fingerprint density at radius 3 is 3.00 bits per heavy atom. The van der Waals surface area contributed by atoms with Crippen LogP contribution in [0.1, 0.15) is 44.3 Å². The minimum atomic E-state index is 0.168. The molecular formula is C13H24N4O. The Bertz CT molecular complexity index is 358. The predicted octanol–water partition coefficient (Wildman–Crippen LogP) is 1.23. The van der Waals surface area contributed by atoms with Gasteiger partial charge in [-0.25, -0.2) is 0 Å². The first-order valence-electron chi connectivity index (χ1n) is 6.79. The Hall–Kier alpha value is -0.910. The summed E-state index contributed by atoms with van der Waals surface area (Å²) in [6.45, 7) is 6.58. The van der Waals surface area contributed by atoms with E-state index in [9.17, 15) is 0 Å². The van der Waals surface area contributed by atoms with Gasteiger partial charge in [-0.2, -0.15) is 5.10 Å². The molecule has 0 radical (unpaired) electrons. The van der Waals surface area contributed by atoms with Crippen LogP contribution in [0.4, 0.5) is 0 Å². The molecule has 0 spiro atoms. The Labute approximate surface area is 109 Å². The van der Waals surface area contributed by atoms with Crippen LogP contribution in [0.2, 0.25) is 0 Å². The number of nitrogens with one attached hydrogen (secondary N) is 1. The number of aromatic nitrogens is 2. The van der Waals surface area contributed by atoms with Gasteiger partial charge >= 0.3 is 0 Å². The Morgan fingerprint density at radius 1 is 1.61 bits per heavy atom. The van der Waals surface area contributed by atoms with Crippen molar-refractivity contribution in [3.63, 3.8) is 0 Å². The van der Waals surface area contributed by atoms with E-state index in [1.807, 2.05) is 10.9 Å². The highest BCUT2D eigenvalue weighted by atomic mass is 16.5. The van der Waals surface area contributed by atoms with Gasteiger partial charge in [-0.3, -0.25) is 4.68 Å². The summed E-state index contributed by atoms with van der Waals surface area (Å²) in [4.78, 5) is 0. The Morgan fingerprint density at radius 2 is 2.44 bits per heavy atom. The molecule has 2 atom stereocenters. The van der Waals surface area contributed by atoms with Gasteiger partial charge in [-0.05, 0) is 26.7 Å². The molecule has 5 nitrogen and oxygen atoms in total. The van der Waals surface area contributed by atoms with Crippen LogP contribution in [0, 0.1) is 0 Å². The molecule has 1 fully saturated rings. The van der Waals surface area contributed by atoms with Crippen molar-refractivity contribution in [1.82, 2.24) is 15.1 Å². The van der Waals surface area contributed by atoms with Crippen LogP contribution in [0.5, 0.6) is 0 Å². The average molecular weight is 252 g/mol. The number of ether oxygens (including phenoxy) is 1. The summed E-state index contributed by atoms with van der Waals surface area (Å²) in [5.74, 6) is 0. The van der Waals surface area contributed by atoms with Crippen molar-refractivity contribution < 1.29 is 4.74 Å². The van der Waals surface area contributed by atoms with Crippen LogP contribution in [0.3, 0.4) is 0 Å². The monoisotopic (exact) mass is 252 g/mol. The van der Waals surface area contributed by atoms with E-state index in [0.717, 1.165) is 25.1 Å². The summed E-state index contributed by atoms with van der Waals surface area (Å²) in [5.41, 5.74) is 6.99. The number of nitrogens with two attached hydrogens (primary N) is 1. The molecule has 0 saturated carbocycles. The third-order valence-corrected chi connectivity index (χ3v) is 3.40. The standard InChI is InChI=1S/C13H24N4O/c1-10(2)17-9-11(7-16-17)13(6-14)15-8-12-4-3-5-18-12/h7,9-10,12-13,15H,3-6,8,14H2,1-2H3. The van der Waals surface area contributed by atoms with Crippen molar-refractivity contribution in [1.29, 1.82) is 0 Å². The van der Waals surface area contributed by atoms with Gasteiger partial charge in [0.2, 0.25) is 0 Å². The van der Waals surface area contributed by atoms with E-state index in [-0.39, 0.29) is 6.04 Å². The molecule has 2 rings (SSSR count). The first-order valence-corrected chi connectivity index (χ1v) is 6.79. The van der Waals surface area contributed by atoms with Crippen LogP contribution in [-0.2, 0) is 4.74 Å². The lowest BCUT2D eigenvalue weighted by Crippen LogP contribution is -2.34. The van der Waals surface area contributed by atoms with E-state index in [2.05, 4.69) is 30.5 Å². The molecule has 0 bridgehead atoms. The van der Waals surface area contributed by atoms with Crippen molar-refractivity contribution in [3.8, 4) is 0 Å². The second kappa shape index (κ2) is 6.31. The SMILES string of the molecule is CC(C)n1cc(C(CN)NCC2CCCO2)cn1. The second-order valence-corrected chi connectivity index (χ2v) is 5.18. The average Bonchev–Trinajstić information content (AvgIpc) is 3.00. The molecule has 0 aliphatic carbocycles. The van der Waals surface area contributed by atoms with Crippen molar-refractivity contribution in [3.05, 3.63) is 18.0 Å². The van der Waals surface area contributed by atoms with Crippen molar-refractivity contribution in [2.75, 3.05) is 19.7 Å². The molecule has 5 heteroatoms. The maximum Gasteiger partial charge on any atom is 0.0700 e. The summed E-state index contributed by atoms with van der Waals surface area (Å²) < 4.78 is 7.57. The van der Waals surface area contributed by atoms with Gasteiger partial charge in [0, 0.05) is 43.5 Å². The van der Waals surface area contributed by atoms with Gasteiger partial charge in [0.1, 0.15) is 0 Å². The molecule has 0 aromatic carbocycles. The highest BCUT2D eigenvalue weighted by molar-refractivity contribution is 5.11. The predicted molar refractivity (Wildman–Crippen MR) is 71.4 cm³/mol. The normalized spacial score (nSPS) is 21.7. The van der Waals surface area contributed by atoms with Gasteiger partial charge in [-0.15, -0.1) is 0 Å². The van der Waals surface area contributed by atoms with Crippen LogP contribution < -0.4 is 11.1 Å². The molecule has 1 aliphatic heterocycles. The van der Waals surface area contributed by atoms with Gasteiger partial charge in [0.05, 0.1) is 12.3 Å². The fraction of sp³-hybridized carbons (Fsp3) is 0.769. The molecule has 18 heavy (non-hydrogen) atoms. The van der Waals surface area contributed by atoms with E-state index in [0.29, 0.717) is 18.7 Å². The zero-order valence-electron chi connectivity index (χ0n) is 11.3. The molecule has 3 N–H and O–H groups in total. The lowest BCUT2D eigenvalue weighted by Gasteiger charge is -2.18. The molecule has 1 saturated heterocycles. The summed E-state index contributed by atoms with van der Waals surface area (Å²) >= 11 is 0. The van der Waals surface area contributed by atoms with Gasteiger partial charge < -0.3 is 15.8 Å². The minimum absolute atomic E-state index is 0.168. The van der Waals surface area contributed by atoms with E-state index in [4.69, 9.17) is 10.5 Å². The largest absolute Gasteiger partial charge is 0.377 e. The van der Waals surface area contributed by atoms with Crippen molar-refractivity contribution in [2.45, 2.75) is 44.9 Å². The molecule has 102 valence electrons. The van der Waals surface area contributed by atoms with Gasteiger partial charge in [0.15, 0.2) is 0 Å². The van der Waals surface area contributed by atoms with Gasteiger partial charge in [0.25, 0.3) is 0 Å². The Balaban J connectivity index is 1.90. The van der Waals surface area contributed by atoms with Crippen LogP contribution in [-0.4, -0.2) is 35.6 Å². The molecule has 1 aliphatic rings. The second-order valence-electron chi connectivity index (χ2n) is 5.18. The zero-order chi connectivity index (χ0) is 13.0. The summed E-state index contributed by atoms with van der Waals surface area (Å²) in [6, 6.07) is 0.553. The van der Waals surface area contributed by atoms with Crippen LogP contribution in [0.25, 0.3) is 0 Å². The molecule has 0 amide bonds. The van der Waals surface area contributed by atoms with Gasteiger partial charge in [-0.1, -0.05) is 0 Å². The third kappa shape index (κ3) is 3.31. The van der Waals surface area contributed by atoms with E-state index in [1.165, 1.54) is 6.42 Å². The highest BCUT2D eigenvalue weighted by Crippen LogP contribution is 2.15. The first kappa shape index (κ1) is 13.5. The number of hydrogen-bond donors (Lipinski definition) is 2. The molecule has 2 heterocycles. The quantitative estimate of drug-likeness (QED) is 0.799. The molecule has 1 aromatic heterocycles. The number of rotatable bonds is 6. The van der Waals surface area contributed by atoms with E-state index in [1.54, 1.807) is 0 Å². The lowest BCUT2D eigenvalue weighted by molar-refractivity contribution is 0.107. The highest BCUT2D eigenvalue weighted by Gasteiger charge is 2.18. The Kier molecular flexibility index (Phi) is 4.74. The maximum atomic E-state index is 5.83. The van der Waals surface area contributed by atoms with Crippen molar-refractivity contribution >= 4 is 0 Å². The van der Waals surface area contributed by atoms with E-state index < -0.39 is 0 Å². The number of nitrogens with zero attached hydrogens (tertiary/aromatic N) is 2. The smallest absolute Gasteiger partial charge is 0.0700 e. The molecular weight excluding hydrogens is 228 g/mol. The first-order chi connectivity index (χ1) is 8.70. The zero-order valence-corrected chi connectivity index (χ0v) is 11.3. The number of hydrogen-bond acceptors (Lipinski definition) is 4. The fourth-order valence-corrected chi connectivity index (χ4v) is 2.23. The summed E-state index contributed by atoms with van der Waals surface area (Å²) in [7, 11) is 0. The third-order valence-electron chi connectivity index (χ3n) is 3.40. The summed E-state index contributed by atoms with van der Waals surface area (Å²) in [5, 5.41) is 7.83. The van der Waals surface area contributed by atoms with Crippen molar-refractivity contribution in [2.24, 2.45) is 5.73 Å². The van der Waals surface area contributed by atoms with Crippen LogP contribution >= 0.6 is 0 Å². The summed E-state index contributed by atoms with van der Waals surface area (Å²) in [6.07, 6.45) is 6.64. The van der Waals surface area contributed by atoms with Crippen LogP contribution in [0.15, 0.2) is 12.4 Å².